The Bertz CT molecular complexity index is 514. The van der Waals surface area contributed by atoms with Crippen molar-refractivity contribution in [2.24, 2.45) is 5.73 Å². The predicted octanol–water partition coefficient (Wildman–Crippen LogP) is 2.35. The Balaban J connectivity index is 2.54. The van der Waals surface area contributed by atoms with Crippen LogP contribution in [0.3, 0.4) is 0 Å². The average molecular weight is 232 g/mol. The van der Waals surface area contributed by atoms with E-state index in [1.54, 1.807) is 0 Å². The number of aromatic nitrogens is 1. The zero-order chi connectivity index (χ0) is 12.4. The molecule has 17 heavy (non-hydrogen) atoms. The molecule has 0 saturated carbocycles. The van der Waals surface area contributed by atoms with Gasteiger partial charge >= 0.3 is 0 Å². The molecule has 1 aromatic carbocycles. The summed E-state index contributed by atoms with van der Waals surface area (Å²) in [4.78, 5) is 0. The monoisotopic (exact) mass is 232 g/mol. The third-order valence-electron chi connectivity index (χ3n) is 3.12. The van der Waals surface area contributed by atoms with E-state index in [-0.39, 0.29) is 0 Å². The topological polar surface area (TPSA) is 51.2 Å². The van der Waals surface area contributed by atoms with Gasteiger partial charge in [0.2, 0.25) is 0 Å². The minimum atomic E-state index is -0.432. The van der Waals surface area contributed by atoms with Crippen molar-refractivity contribution in [2.75, 3.05) is 6.54 Å². The van der Waals surface area contributed by atoms with Crippen molar-refractivity contribution in [1.82, 2.24) is 4.57 Å². The van der Waals surface area contributed by atoms with Crippen LogP contribution < -0.4 is 5.73 Å². The number of benzene rings is 1. The summed E-state index contributed by atoms with van der Waals surface area (Å²) in [6.45, 7) is 5.48. The molecule has 0 fully saturated rings. The van der Waals surface area contributed by atoms with Crippen LogP contribution >= 0.6 is 0 Å². The molecular formula is C14H20N2O. The average Bonchev–Trinajstić information content (AvgIpc) is 2.64. The molecule has 3 N–H and O–H groups in total. The maximum atomic E-state index is 9.81. The Hall–Kier alpha value is -1.32. The van der Waals surface area contributed by atoms with Crippen LogP contribution in [0.4, 0.5) is 0 Å². The van der Waals surface area contributed by atoms with Gasteiger partial charge in [-0.15, -0.1) is 0 Å². The summed E-state index contributed by atoms with van der Waals surface area (Å²) in [5.74, 6) is 0. The third kappa shape index (κ3) is 2.35. The normalized spacial score (nSPS) is 13.2. The molecule has 0 spiro atoms. The molecule has 1 heterocycles. The van der Waals surface area contributed by atoms with Crippen LogP contribution in [-0.4, -0.2) is 16.2 Å². The van der Waals surface area contributed by atoms with Gasteiger partial charge in [-0.25, -0.2) is 0 Å². The summed E-state index contributed by atoms with van der Waals surface area (Å²) in [6, 6.07) is 6.36. The number of aliphatic hydroxyl groups excluding tert-OH is 1. The highest BCUT2D eigenvalue weighted by Gasteiger charge is 2.11. The van der Waals surface area contributed by atoms with Gasteiger partial charge in [0.05, 0.1) is 6.10 Å². The fourth-order valence-electron chi connectivity index (χ4n) is 2.22. The second kappa shape index (κ2) is 4.90. The zero-order valence-corrected chi connectivity index (χ0v) is 10.5. The van der Waals surface area contributed by atoms with E-state index in [0.29, 0.717) is 6.54 Å². The van der Waals surface area contributed by atoms with Crippen molar-refractivity contribution in [3.8, 4) is 0 Å². The number of nitrogens with zero attached hydrogens (tertiary/aromatic N) is 1. The fourth-order valence-corrected chi connectivity index (χ4v) is 2.22. The van der Waals surface area contributed by atoms with Gasteiger partial charge in [-0.05, 0) is 38.9 Å². The number of aryl methyl sites for hydroxylation is 2. The molecule has 0 aliphatic carbocycles. The zero-order valence-electron chi connectivity index (χ0n) is 10.5. The molecule has 0 bridgehead atoms. The lowest BCUT2D eigenvalue weighted by molar-refractivity contribution is 0.200. The molecule has 3 heteroatoms. The van der Waals surface area contributed by atoms with Gasteiger partial charge < -0.3 is 15.4 Å². The van der Waals surface area contributed by atoms with E-state index in [9.17, 15) is 5.11 Å². The lowest BCUT2D eigenvalue weighted by Crippen LogP contribution is -2.04. The highest BCUT2D eigenvalue weighted by Crippen LogP contribution is 2.27. The van der Waals surface area contributed by atoms with Gasteiger partial charge in [0.25, 0.3) is 0 Å². The molecule has 92 valence electrons. The first kappa shape index (κ1) is 12.1. The van der Waals surface area contributed by atoms with E-state index in [1.807, 2.05) is 13.1 Å². The molecule has 2 aromatic rings. The molecular weight excluding hydrogens is 212 g/mol. The molecule has 1 unspecified atom stereocenters. The first-order chi connectivity index (χ1) is 8.13. The standard InChI is InChI=1S/C14H20N2O/c1-10-4-5-14-12(8-10)13(11(2)17)9-16(14)7-3-6-15/h4-5,8-9,11,17H,3,6-7,15H2,1-2H3. The van der Waals surface area contributed by atoms with E-state index in [0.717, 1.165) is 23.9 Å². The number of hydrogen-bond acceptors (Lipinski definition) is 2. The summed E-state index contributed by atoms with van der Waals surface area (Å²) in [5, 5.41) is 11.0. The van der Waals surface area contributed by atoms with Crippen LogP contribution in [0.25, 0.3) is 10.9 Å². The number of hydrogen-bond donors (Lipinski definition) is 2. The third-order valence-corrected chi connectivity index (χ3v) is 3.12. The number of nitrogens with two attached hydrogens (primary N) is 1. The van der Waals surface area contributed by atoms with E-state index in [4.69, 9.17) is 5.73 Å². The quantitative estimate of drug-likeness (QED) is 0.850. The number of aliphatic hydroxyl groups is 1. The molecule has 1 aromatic heterocycles. The Labute approximate surface area is 102 Å². The maximum absolute atomic E-state index is 9.81. The number of rotatable bonds is 4. The number of fused-ring (bicyclic) bond motifs is 1. The van der Waals surface area contributed by atoms with Gasteiger partial charge in [-0.1, -0.05) is 11.6 Å². The predicted molar refractivity (Wildman–Crippen MR) is 71.0 cm³/mol. The van der Waals surface area contributed by atoms with Crippen LogP contribution in [0.5, 0.6) is 0 Å². The largest absolute Gasteiger partial charge is 0.389 e. The van der Waals surface area contributed by atoms with Gasteiger partial charge in [0.1, 0.15) is 0 Å². The molecule has 0 aliphatic heterocycles. The van der Waals surface area contributed by atoms with Gasteiger partial charge in [0, 0.05) is 29.2 Å². The summed E-state index contributed by atoms with van der Waals surface area (Å²) >= 11 is 0. The highest BCUT2D eigenvalue weighted by atomic mass is 16.3. The molecule has 3 nitrogen and oxygen atoms in total. The first-order valence-corrected chi connectivity index (χ1v) is 6.11. The van der Waals surface area contributed by atoms with Crippen molar-refractivity contribution in [3.63, 3.8) is 0 Å². The smallest absolute Gasteiger partial charge is 0.0782 e. The Morgan fingerprint density at radius 2 is 2.18 bits per heavy atom. The van der Waals surface area contributed by atoms with Crippen LogP contribution in [0.1, 0.15) is 30.6 Å². The van der Waals surface area contributed by atoms with Crippen LogP contribution in [0, 0.1) is 6.92 Å². The summed E-state index contributed by atoms with van der Waals surface area (Å²) in [7, 11) is 0. The SMILES string of the molecule is Cc1ccc2c(c1)c(C(C)O)cn2CCCN. The fraction of sp³-hybridized carbons (Fsp3) is 0.429. The molecule has 0 saturated heterocycles. The van der Waals surface area contributed by atoms with Gasteiger partial charge in [0.15, 0.2) is 0 Å². The van der Waals surface area contributed by atoms with E-state index < -0.39 is 6.10 Å². The Morgan fingerprint density at radius 1 is 1.41 bits per heavy atom. The maximum Gasteiger partial charge on any atom is 0.0782 e. The van der Waals surface area contributed by atoms with Crippen molar-refractivity contribution in [2.45, 2.75) is 32.9 Å². The van der Waals surface area contributed by atoms with E-state index in [2.05, 4.69) is 29.7 Å². The molecule has 0 aliphatic rings. The first-order valence-electron chi connectivity index (χ1n) is 6.11. The minimum Gasteiger partial charge on any atom is -0.389 e. The van der Waals surface area contributed by atoms with Gasteiger partial charge in [-0.3, -0.25) is 0 Å². The Morgan fingerprint density at radius 3 is 2.82 bits per heavy atom. The summed E-state index contributed by atoms with van der Waals surface area (Å²) in [5.41, 5.74) is 8.95. The lowest BCUT2D eigenvalue weighted by Gasteiger charge is -2.03. The Kier molecular flexibility index (Phi) is 3.50. The van der Waals surface area contributed by atoms with Crippen molar-refractivity contribution in [3.05, 3.63) is 35.5 Å². The lowest BCUT2D eigenvalue weighted by atomic mass is 10.1. The van der Waals surface area contributed by atoms with E-state index >= 15 is 0 Å². The minimum absolute atomic E-state index is 0.432. The van der Waals surface area contributed by atoms with Gasteiger partial charge in [-0.2, -0.15) is 0 Å². The highest BCUT2D eigenvalue weighted by molar-refractivity contribution is 5.85. The van der Waals surface area contributed by atoms with Crippen LogP contribution in [-0.2, 0) is 6.54 Å². The molecule has 2 rings (SSSR count). The van der Waals surface area contributed by atoms with Crippen molar-refractivity contribution >= 4 is 10.9 Å². The second-order valence-corrected chi connectivity index (χ2v) is 4.62. The van der Waals surface area contributed by atoms with Crippen molar-refractivity contribution < 1.29 is 5.11 Å². The summed E-state index contributed by atoms with van der Waals surface area (Å²) in [6.07, 6.45) is 2.57. The second-order valence-electron chi connectivity index (χ2n) is 4.62. The van der Waals surface area contributed by atoms with Crippen molar-refractivity contribution in [1.29, 1.82) is 0 Å². The van der Waals surface area contributed by atoms with Crippen LogP contribution in [0.15, 0.2) is 24.4 Å². The van der Waals surface area contributed by atoms with E-state index in [1.165, 1.54) is 11.1 Å². The molecule has 0 radical (unpaired) electrons. The van der Waals surface area contributed by atoms with Crippen LogP contribution in [0.2, 0.25) is 0 Å². The molecule has 1 atom stereocenters. The molecule has 0 amide bonds. The summed E-state index contributed by atoms with van der Waals surface area (Å²) < 4.78 is 2.18.